The monoisotopic (exact) mass is 522 g/mol. The zero-order valence-corrected chi connectivity index (χ0v) is 22.0. The number of nitrogens with zero attached hydrogens (tertiary/aromatic N) is 4. The van der Waals surface area contributed by atoms with Crippen LogP contribution in [0.1, 0.15) is 0 Å². The molecule has 0 aliphatic rings. The Morgan fingerprint density at radius 2 is 1.17 bits per heavy atom. The lowest BCUT2D eigenvalue weighted by Gasteiger charge is -2.16. The maximum Gasteiger partial charge on any atom is 0.146 e. The first kappa shape index (κ1) is 22.2. The van der Waals surface area contributed by atoms with Gasteiger partial charge in [-0.15, -0.1) is 0 Å². The fourth-order valence-corrected chi connectivity index (χ4v) is 6.53. The number of fused-ring (bicyclic) bond motifs is 3. The van der Waals surface area contributed by atoms with Gasteiger partial charge in [-0.05, 0) is 92.0 Å². The number of pyridine rings is 3. The van der Waals surface area contributed by atoms with Gasteiger partial charge in [0.1, 0.15) is 11.5 Å². The molecule has 4 heterocycles. The van der Waals surface area contributed by atoms with E-state index in [0.29, 0.717) is 0 Å². The van der Waals surface area contributed by atoms with Gasteiger partial charge in [-0.2, -0.15) is 0 Å². The summed E-state index contributed by atoms with van der Waals surface area (Å²) in [4.78, 5) is 14.1. The van der Waals surface area contributed by atoms with E-state index < -0.39 is 0 Å². The Morgan fingerprint density at radius 1 is 0.463 bits per heavy atom. The summed E-state index contributed by atoms with van der Waals surface area (Å²) >= 11 is 0. The maximum absolute atomic E-state index is 4.75. The topological polar surface area (TPSA) is 43.6 Å². The summed E-state index contributed by atoms with van der Waals surface area (Å²) in [6.07, 6.45) is 5.54. The van der Waals surface area contributed by atoms with Crippen LogP contribution in [0.15, 0.2) is 134 Å². The summed E-state index contributed by atoms with van der Waals surface area (Å²) in [5.41, 5.74) is 6.57. The Hall–Kier alpha value is -5.61. The number of aromatic nitrogens is 4. The van der Waals surface area contributed by atoms with Crippen LogP contribution in [-0.4, -0.2) is 19.5 Å². The van der Waals surface area contributed by atoms with Gasteiger partial charge < -0.3 is 0 Å². The van der Waals surface area contributed by atoms with Gasteiger partial charge in [-0.25, -0.2) is 9.97 Å². The van der Waals surface area contributed by atoms with Crippen molar-refractivity contribution in [1.29, 1.82) is 0 Å². The molecule has 0 saturated heterocycles. The smallest absolute Gasteiger partial charge is 0.146 e. The van der Waals surface area contributed by atoms with Gasteiger partial charge in [-0.1, -0.05) is 66.7 Å². The zero-order chi connectivity index (χ0) is 26.9. The molecule has 41 heavy (non-hydrogen) atoms. The summed E-state index contributed by atoms with van der Waals surface area (Å²) in [6, 6.07) is 41.0. The summed E-state index contributed by atoms with van der Waals surface area (Å²) in [6.45, 7) is 0. The Labute approximate surface area is 235 Å². The molecule has 0 fully saturated rings. The van der Waals surface area contributed by atoms with E-state index in [0.717, 1.165) is 33.6 Å². The number of benzene rings is 5. The quantitative estimate of drug-likeness (QED) is 0.217. The minimum absolute atomic E-state index is 0.866. The minimum Gasteiger partial charge on any atom is -0.278 e. The van der Waals surface area contributed by atoms with Gasteiger partial charge in [0.2, 0.25) is 0 Å². The van der Waals surface area contributed by atoms with E-state index in [9.17, 15) is 0 Å². The van der Waals surface area contributed by atoms with Crippen LogP contribution < -0.4 is 0 Å². The molecule has 0 bridgehead atoms. The molecule has 4 nitrogen and oxygen atoms in total. The van der Waals surface area contributed by atoms with Gasteiger partial charge in [0.25, 0.3) is 0 Å². The van der Waals surface area contributed by atoms with E-state index in [-0.39, 0.29) is 0 Å². The molecule has 0 aliphatic carbocycles. The molecule has 190 valence electrons. The van der Waals surface area contributed by atoms with Crippen LogP contribution >= 0.6 is 0 Å². The van der Waals surface area contributed by atoms with Crippen LogP contribution in [0.3, 0.4) is 0 Å². The van der Waals surface area contributed by atoms with E-state index in [1.807, 2.05) is 48.9 Å². The minimum atomic E-state index is 0.866. The van der Waals surface area contributed by atoms with Gasteiger partial charge in [0.15, 0.2) is 0 Å². The van der Waals surface area contributed by atoms with Crippen LogP contribution in [0.25, 0.3) is 82.5 Å². The SMILES string of the molecule is c1ccc(-c2ccc3ccc4c(-c5ccc6c(c5)c5cccnc5n6-c5ccccn5)ccc5ccc2c3c54)nc1. The number of rotatable bonds is 3. The first-order valence-electron chi connectivity index (χ1n) is 13.8. The summed E-state index contributed by atoms with van der Waals surface area (Å²) in [7, 11) is 0. The van der Waals surface area contributed by atoms with Gasteiger partial charge in [0, 0.05) is 34.9 Å². The van der Waals surface area contributed by atoms with E-state index in [2.05, 4.69) is 99.5 Å². The van der Waals surface area contributed by atoms with Crippen molar-refractivity contribution in [1.82, 2.24) is 19.5 Å². The van der Waals surface area contributed by atoms with Crippen LogP contribution in [0.4, 0.5) is 0 Å². The Balaban J connectivity index is 1.32. The second-order valence-corrected chi connectivity index (χ2v) is 10.5. The Bertz CT molecular complexity index is 2410. The number of hydrogen-bond donors (Lipinski definition) is 0. The summed E-state index contributed by atoms with van der Waals surface area (Å²) in [5.74, 6) is 0.866. The standard InChI is InChI=1S/C37H22N4/c1-3-19-38-32(7-1)27-15-10-24-11-16-28-26(14-9-23-12-17-29(27)36(24)35(23)28)25-13-18-33-31(22-25)30-6-5-21-40-37(30)41(33)34-8-2-4-20-39-34/h1-22H. The van der Waals surface area contributed by atoms with Crippen LogP contribution in [0.2, 0.25) is 0 Å². The Morgan fingerprint density at radius 3 is 1.93 bits per heavy atom. The number of hydrogen-bond acceptors (Lipinski definition) is 3. The maximum atomic E-state index is 4.75. The van der Waals surface area contributed by atoms with Gasteiger partial charge in [0.05, 0.1) is 11.2 Å². The molecule has 0 saturated carbocycles. The highest BCUT2D eigenvalue weighted by Crippen LogP contribution is 2.43. The average molecular weight is 523 g/mol. The lowest BCUT2D eigenvalue weighted by Crippen LogP contribution is -1.97. The van der Waals surface area contributed by atoms with Crippen molar-refractivity contribution >= 4 is 54.3 Å². The fraction of sp³-hybridized carbons (Fsp3) is 0. The van der Waals surface area contributed by atoms with Gasteiger partial charge in [-0.3, -0.25) is 9.55 Å². The van der Waals surface area contributed by atoms with Crippen molar-refractivity contribution in [2.45, 2.75) is 0 Å². The summed E-state index contributed by atoms with van der Waals surface area (Å²) in [5, 5.41) is 9.86. The third kappa shape index (κ3) is 3.19. The van der Waals surface area contributed by atoms with Crippen molar-refractivity contribution in [3.8, 4) is 28.2 Å². The molecule has 0 atom stereocenters. The van der Waals surface area contributed by atoms with Crippen LogP contribution in [0.5, 0.6) is 0 Å². The molecule has 0 N–H and O–H groups in total. The summed E-state index contributed by atoms with van der Waals surface area (Å²) < 4.78 is 2.15. The van der Waals surface area contributed by atoms with Crippen molar-refractivity contribution in [3.63, 3.8) is 0 Å². The molecule has 0 radical (unpaired) electrons. The molecule has 5 aromatic carbocycles. The van der Waals surface area contributed by atoms with Crippen molar-refractivity contribution < 1.29 is 0 Å². The zero-order valence-electron chi connectivity index (χ0n) is 22.0. The van der Waals surface area contributed by atoms with Crippen molar-refractivity contribution in [2.75, 3.05) is 0 Å². The van der Waals surface area contributed by atoms with Crippen LogP contribution in [0, 0.1) is 0 Å². The van der Waals surface area contributed by atoms with Crippen LogP contribution in [-0.2, 0) is 0 Å². The van der Waals surface area contributed by atoms with E-state index in [1.165, 1.54) is 48.8 Å². The van der Waals surface area contributed by atoms with Gasteiger partial charge >= 0.3 is 0 Å². The molecule has 0 spiro atoms. The van der Waals surface area contributed by atoms with E-state index >= 15 is 0 Å². The highest BCUT2D eigenvalue weighted by molar-refractivity contribution is 6.27. The highest BCUT2D eigenvalue weighted by Gasteiger charge is 2.18. The molecular formula is C37H22N4. The molecule has 0 aliphatic heterocycles. The van der Waals surface area contributed by atoms with E-state index in [1.54, 1.807) is 0 Å². The lowest BCUT2D eigenvalue weighted by atomic mass is 9.88. The largest absolute Gasteiger partial charge is 0.278 e. The normalized spacial score (nSPS) is 11.9. The third-order valence-corrected chi connectivity index (χ3v) is 8.32. The molecular weight excluding hydrogens is 500 g/mol. The molecule has 4 aromatic heterocycles. The van der Waals surface area contributed by atoms with Crippen molar-refractivity contribution in [3.05, 3.63) is 134 Å². The van der Waals surface area contributed by atoms with Crippen molar-refractivity contribution in [2.24, 2.45) is 0 Å². The molecule has 0 amide bonds. The predicted octanol–water partition coefficient (Wildman–Crippen LogP) is 9.20. The molecule has 4 heteroatoms. The van der Waals surface area contributed by atoms with E-state index in [4.69, 9.17) is 4.98 Å². The second-order valence-electron chi connectivity index (χ2n) is 10.5. The average Bonchev–Trinajstić information content (AvgIpc) is 3.38. The first-order valence-corrected chi connectivity index (χ1v) is 13.8. The third-order valence-electron chi connectivity index (χ3n) is 8.32. The fourth-order valence-electron chi connectivity index (χ4n) is 6.53. The second kappa shape index (κ2) is 8.44. The predicted molar refractivity (Wildman–Crippen MR) is 169 cm³/mol. The molecule has 0 unspecified atom stereocenters. The molecule has 9 rings (SSSR count). The lowest BCUT2D eigenvalue weighted by molar-refractivity contribution is 1.06. The molecule has 9 aromatic rings. The Kier molecular flexibility index (Phi) is 4.58. The highest BCUT2D eigenvalue weighted by atomic mass is 15.1. The first-order chi connectivity index (χ1) is 20.3.